The number of ether oxygens (including phenoxy) is 1. The lowest BCUT2D eigenvalue weighted by Crippen LogP contribution is -2.36. The Hall–Kier alpha value is -1.10. The van der Waals surface area contributed by atoms with Gasteiger partial charge in [0.2, 0.25) is 0 Å². The number of H-pyrrole nitrogens is 1. The maximum Gasteiger partial charge on any atom is 0.138 e. The minimum atomic E-state index is 0.577. The standard InChI is InChI=1S/C14H18ClN3O/c15-14-12-10-11(17-13(12)3-4-16-14)2-1-5-18-6-8-19-9-7-18/h3-4,10,17H,1-2,5-9H2. The van der Waals surface area contributed by atoms with Crippen LogP contribution in [0.25, 0.3) is 10.9 Å². The van der Waals surface area contributed by atoms with Gasteiger partial charge >= 0.3 is 0 Å². The fourth-order valence-corrected chi connectivity index (χ4v) is 2.74. The molecule has 0 aromatic carbocycles. The molecule has 1 aliphatic heterocycles. The quantitative estimate of drug-likeness (QED) is 0.874. The number of hydrogen-bond donors (Lipinski definition) is 1. The monoisotopic (exact) mass is 279 g/mol. The molecule has 2 aromatic heterocycles. The molecule has 5 heteroatoms. The van der Waals surface area contributed by atoms with Crippen LogP contribution in [0.2, 0.25) is 5.15 Å². The molecule has 1 fully saturated rings. The first kappa shape index (κ1) is 12.9. The zero-order chi connectivity index (χ0) is 13.1. The molecule has 1 saturated heterocycles. The smallest absolute Gasteiger partial charge is 0.138 e. The van der Waals surface area contributed by atoms with E-state index in [2.05, 4.69) is 20.9 Å². The van der Waals surface area contributed by atoms with Crippen molar-refractivity contribution < 1.29 is 4.74 Å². The maximum atomic E-state index is 6.07. The van der Waals surface area contributed by atoms with Gasteiger partial charge in [-0.25, -0.2) is 4.98 Å². The second kappa shape index (κ2) is 5.90. The Morgan fingerprint density at radius 2 is 2.21 bits per heavy atom. The molecule has 102 valence electrons. The van der Waals surface area contributed by atoms with Gasteiger partial charge in [0.25, 0.3) is 0 Å². The van der Waals surface area contributed by atoms with E-state index in [9.17, 15) is 0 Å². The zero-order valence-corrected chi connectivity index (χ0v) is 11.6. The van der Waals surface area contributed by atoms with Gasteiger partial charge < -0.3 is 9.72 Å². The Morgan fingerprint density at radius 3 is 3.00 bits per heavy atom. The predicted molar refractivity (Wildman–Crippen MR) is 76.7 cm³/mol. The Labute approximate surface area is 117 Å². The van der Waals surface area contributed by atoms with Gasteiger partial charge in [0.1, 0.15) is 5.15 Å². The molecule has 3 heterocycles. The van der Waals surface area contributed by atoms with E-state index in [0.717, 1.165) is 56.6 Å². The van der Waals surface area contributed by atoms with E-state index in [1.54, 1.807) is 6.20 Å². The number of aromatic amines is 1. The topological polar surface area (TPSA) is 41.2 Å². The van der Waals surface area contributed by atoms with Crippen LogP contribution in [-0.4, -0.2) is 47.7 Å². The Kier molecular flexibility index (Phi) is 4.01. The van der Waals surface area contributed by atoms with Gasteiger partial charge in [-0.1, -0.05) is 11.6 Å². The van der Waals surface area contributed by atoms with Crippen LogP contribution in [0.15, 0.2) is 18.3 Å². The third-order valence-corrected chi connectivity index (χ3v) is 3.88. The summed E-state index contributed by atoms with van der Waals surface area (Å²) < 4.78 is 5.35. The molecule has 0 bridgehead atoms. The molecule has 19 heavy (non-hydrogen) atoms. The molecule has 0 saturated carbocycles. The molecular weight excluding hydrogens is 262 g/mol. The van der Waals surface area contributed by atoms with Gasteiger partial charge in [0.15, 0.2) is 0 Å². The van der Waals surface area contributed by atoms with Gasteiger partial charge in [0.05, 0.1) is 18.7 Å². The largest absolute Gasteiger partial charge is 0.379 e. The van der Waals surface area contributed by atoms with E-state index in [1.807, 2.05) is 6.07 Å². The van der Waals surface area contributed by atoms with Gasteiger partial charge in [-0.15, -0.1) is 0 Å². The molecule has 1 aliphatic rings. The summed E-state index contributed by atoms with van der Waals surface area (Å²) in [5, 5.41) is 1.60. The van der Waals surface area contributed by atoms with Gasteiger partial charge in [-0.05, 0) is 31.5 Å². The Morgan fingerprint density at radius 1 is 1.37 bits per heavy atom. The Bertz CT molecular complexity index is 549. The van der Waals surface area contributed by atoms with Crippen molar-refractivity contribution in [2.45, 2.75) is 12.8 Å². The number of morpholine rings is 1. The summed E-state index contributed by atoms with van der Waals surface area (Å²) in [4.78, 5) is 9.96. The second-order valence-corrected chi connectivity index (χ2v) is 5.27. The molecule has 0 atom stereocenters. The van der Waals surface area contributed by atoms with E-state index < -0.39 is 0 Å². The normalized spacial score (nSPS) is 17.1. The molecule has 0 unspecified atom stereocenters. The lowest BCUT2D eigenvalue weighted by Gasteiger charge is -2.26. The van der Waals surface area contributed by atoms with E-state index in [4.69, 9.17) is 16.3 Å². The number of nitrogens with zero attached hydrogens (tertiary/aromatic N) is 2. The van der Waals surface area contributed by atoms with Crippen LogP contribution in [0.5, 0.6) is 0 Å². The summed E-state index contributed by atoms with van der Waals surface area (Å²) in [5.41, 5.74) is 2.31. The first-order valence-corrected chi connectivity index (χ1v) is 7.13. The average molecular weight is 280 g/mol. The summed E-state index contributed by atoms with van der Waals surface area (Å²) in [6.07, 6.45) is 3.93. The third-order valence-electron chi connectivity index (χ3n) is 3.58. The predicted octanol–water partition coefficient (Wildman–Crippen LogP) is 2.48. The number of fused-ring (bicyclic) bond motifs is 1. The van der Waals surface area contributed by atoms with Crippen molar-refractivity contribution in [1.29, 1.82) is 0 Å². The van der Waals surface area contributed by atoms with Gasteiger partial charge in [0, 0.05) is 30.4 Å². The van der Waals surface area contributed by atoms with Gasteiger partial charge in [-0.2, -0.15) is 0 Å². The van der Waals surface area contributed by atoms with E-state index in [0.29, 0.717) is 5.15 Å². The highest BCUT2D eigenvalue weighted by Crippen LogP contribution is 2.22. The minimum Gasteiger partial charge on any atom is -0.379 e. The van der Waals surface area contributed by atoms with E-state index >= 15 is 0 Å². The van der Waals surface area contributed by atoms with E-state index in [1.165, 1.54) is 5.69 Å². The minimum absolute atomic E-state index is 0.577. The van der Waals surface area contributed by atoms with Crippen molar-refractivity contribution in [3.63, 3.8) is 0 Å². The van der Waals surface area contributed by atoms with Crippen molar-refractivity contribution in [3.8, 4) is 0 Å². The van der Waals surface area contributed by atoms with Crippen molar-refractivity contribution in [2.24, 2.45) is 0 Å². The number of aromatic nitrogens is 2. The molecule has 2 aromatic rings. The molecule has 0 aliphatic carbocycles. The first-order valence-electron chi connectivity index (χ1n) is 6.75. The summed E-state index contributed by atoms with van der Waals surface area (Å²) >= 11 is 6.07. The highest BCUT2D eigenvalue weighted by Gasteiger charge is 2.10. The SMILES string of the molecule is Clc1nccc2[nH]c(CCCN3CCOCC3)cc12. The highest BCUT2D eigenvalue weighted by molar-refractivity contribution is 6.34. The fourth-order valence-electron chi connectivity index (χ4n) is 2.53. The zero-order valence-electron chi connectivity index (χ0n) is 10.9. The molecule has 1 N–H and O–H groups in total. The number of aryl methyl sites for hydroxylation is 1. The lowest BCUT2D eigenvalue weighted by atomic mass is 10.2. The van der Waals surface area contributed by atoms with Crippen molar-refractivity contribution in [1.82, 2.24) is 14.9 Å². The lowest BCUT2D eigenvalue weighted by molar-refractivity contribution is 0.0374. The molecular formula is C14H18ClN3O. The summed E-state index contributed by atoms with van der Waals surface area (Å²) in [7, 11) is 0. The summed E-state index contributed by atoms with van der Waals surface area (Å²) in [5.74, 6) is 0. The average Bonchev–Trinajstić information content (AvgIpc) is 2.84. The van der Waals surface area contributed by atoms with Crippen LogP contribution in [-0.2, 0) is 11.2 Å². The van der Waals surface area contributed by atoms with Crippen LogP contribution in [0.3, 0.4) is 0 Å². The van der Waals surface area contributed by atoms with Crippen LogP contribution >= 0.6 is 11.6 Å². The number of rotatable bonds is 4. The van der Waals surface area contributed by atoms with Gasteiger partial charge in [-0.3, -0.25) is 4.90 Å². The number of hydrogen-bond acceptors (Lipinski definition) is 3. The van der Waals surface area contributed by atoms with Crippen LogP contribution in [0, 0.1) is 0 Å². The Balaban J connectivity index is 1.57. The molecule has 0 amide bonds. The molecule has 0 radical (unpaired) electrons. The van der Waals surface area contributed by atoms with Crippen LogP contribution < -0.4 is 0 Å². The molecule has 4 nitrogen and oxygen atoms in total. The fraction of sp³-hybridized carbons (Fsp3) is 0.500. The van der Waals surface area contributed by atoms with Crippen molar-refractivity contribution in [3.05, 3.63) is 29.2 Å². The molecule has 0 spiro atoms. The van der Waals surface area contributed by atoms with Crippen molar-refractivity contribution in [2.75, 3.05) is 32.8 Å². The third kappa shape index (κ3) is 3.08. The summed E-state index contributed by atoms with van der Waals surface area (Å²) in [6.45, 7) is 4.98. The van der Waals surface area contributed by atoms with E-state index in [-0.39, 0.29) is 0 Å². The molecule has 3 rings (SSSR count). The van der Waals surface area contributed by atoms with Crippen molar-refractivity contribution >= 4 is 22.5 Å². The maximum absolute atomic E-state index is 6.07. The highest BCUT2D eigenvalue weighted by atomic mass is 35.5. The number of nitrogens with one attached hydrogen (secondary N) is 1. The summed E-state index contributed by atoms with van der Waals surface area (Å²) in [6, 6.07) is 4.08. The van der Waals surface area contributed by atoms with Crippen LogP contribution in [0.1, 0.15) is 12.1 Å². The first-order chi connectivity index (χ1) is 9.33. The number of pyridine rings is 1. The second-order valence-electron chi connectivity index (χ2n) is 4.92. The number of halogens is 1. The van der Waals surface area contributed by atoms with Crippen LogP contribution in [0.4, 0.5) is 0 Å².